The molecule has 2 heterocycles. The fraction of sp³-hybridized carbons (Fsp3) is 0.269. The fourth-order valence-electron chi connectivity index (χ4n) is 4.16. The smallest absolute Gasteiger partial charge is 0.321 e. The molecule has 2 fully saturated rings. The van der Waals surface area contributed by atoms with Crippen LogP contribution in [0.3, 0.4) is 0 Å². The predicted octanol–water partition coefficient (Wildman–Crippen LogP) is 5.01. The van der Waals surface area contributed by atoms with E-state index in [1.54, 1.807) is 18.5 Å². The zero-order valence-corrected chi connectivity index (χ0v) is 17.9. The Morgan fingerprint density at radius 2 is 1.78 bits per heavy atom. The Kier molecular flexibility index (Phi) is 5.83. The number of ether oxygens (including phenoxy) is 1. The number of nitrogens with zero attached hydrogens (tertiary/aromatic N) is 3. The van der Waals surface area contributed by atoms with E-state index in [0.717, 1.165) is 37.9 Å². The van der Waals surface area contributed by atoms with Crippen molar-refractivity contribution in [3.63, 3.8) is 0 Å². The average molecular weight is 427 g/mol. The molecule has 1 saturated carbocycles. The molecule has 2 amide bonds. The second kappa shape index (κ2) is 9.22. The monoisotopic (exact) mass is 426 g/mol. The van der Waals surface area contributed by atoms with Gasteiger partial charge < -0.3 is 15.0 Å². The minimum Gasteiger partial charge on any atom is -0.424 e. The van der Waals surface area contributed by atoms with E-state index in [-0.39, 0.29) is 12.1 Å². The van der Waals surface area contributed by atoms with E-state index in [1.165, 1.54) is 11.1 Å². The van der Waals surface area contributed by atoms with Gasteiger partial charge in [0, 0.05) is 37.4 Å². The van der Waals surface area contributed by atoms with Gasteiger partial charge in [-0.2, -0.15) is 0 Å². The maximum atomic E-state index is 12.7. The first-order valence-electron chi connectivity index (χ1n) is 11.1. The number of likely N-dealkylation sites (tertiary alicyclic amines) is 1. The Bertz CT molecular complexity index is 1090. The number of benzene rings is 2. The number of carbonyl (C=O) groups is 1. The summed E-state index contributed by atoms with van der Waals surface area (Å²) in [4.78, 5) is 22.8. The number of rotatable bonds is 5. The van der Waals surface area contributed by atoms with Crippen molar-refractivity contribution in [1.29, 1.82) is 0 Å². The summed E-state index contributed by atoms with van der Waals surface area (Å²) in [6, 6.07) is 20.7. The SMILES string of the molecule is O=C(NC1C[C@@H]1c1ccccc1)N1CCC(=Cc2cccc(Oc3ncccn3)c2)CC1. The largest absolute Gasteiger partial charge is 0.424 e. The number of nitrogens with one attached hydrogen (secondary N) is 1. The molecule has 5 rings (SSSR count). The number of carbonyl (C=O) groups excluding carboxylic acids is 1. The third kappa shape index (κ3) is 4.97. The van der Waals surface area contributed by atoms with Crippen molar-refractivity contribution < 1.29 is 9.53 Å². The first-order valence-corrected chi connectivity index (χ1v) is 11.1. The molecule has 1 aromatic heterocycles. The van der Waals surface area contributed by atoms with Gasteiger partial charge in [0.1, 0.15) is 5.75 Å². The van der Waals surface area contributed by atoms with Gasteiger partial charge in [-0.05, 0) is 48.6 Å². The number of amides is 2. The van der Waals surface area contributed by atoms with Crippen LogP contribution < -0.4 is 10.1 Å². The van der Waals surface area contributed by atoms with Gasteiger partial charge in [0.2, 0.25) is 0 Å². The topological polar surface area (TPSA) is 67.4 Å². The van der Waals surface area contributed by atoms with Crippen LogP contribution in [-0.4, -0.2) is 40.0 Å². The van der Waals surface area contributed by atoms with E-state index in [0.29, 0.717) is 17.7 Å². The van der Waals surface area contributed by atoms with Crippen LogP contribution in [0.1, 0.15) is 36.3 Å². The van der Waals surface area contributed by atoms with Crippen LogP contribution in [0.25, 0.3) is 6.08 Å². The van der Waals surface area contributed by atoms with Gasteiger partial charge in [-0.25, -0.2) is 14.8 Å². The molecule has 2 atom stereocenters. The van der Waals surface area contributed by atoms with Gasteiger partial charge in [-0.15, -0.1) is 0 Å². The zero-order valence-electron chi connectivity index (χ0n) is 17.9. The number of piperidine rings is 1. The Hall–Kier alpha value is -3.67. The van der Waals surface area contributed by atoms with Crippen molar-refractivity contribution in [3.8, 4) is 11.8 Å². The normalized spacial score (nSPS) is 19.9. The van der Waals surface area contributed by atoms with E-state index in [2.05, 4.69) is 51.7 Å². The van der Waals surface area contributed by atoms with Gasteiger partial charge in [0.15, 0.2) is 0 Å². The first kappa shape index (κ1) is 20.2. The van der Waals surface area contributed by atoms with Crippen LogP contribution in [0.4, 0.5) is 4.79 Å². The molecule has 1 unspecified atom stereocenters. The molecule has 6 nitrogen and oxygen atoms in total. The molecule has 3 aromatic rings. The summed E-state index contributed by atoms with van der Waals surface area (Å²) in [7, 11) is 0. The quantitative estimate of drug-likeness (QED) is 0.622. The van der Waals surface area contributed by atoms with Crippen molar-refractivity contribution in [2.24, 2.45) is 0 Å². The molecule has 32 heavy (non-hydrogen) atoms. The Morgan fingerprint density at radius 1 is 1.00 bits per heavy atom. The molecule has 0 radical (unpaired) electrons. The minimum atomic E-state index is 0.0609. The summed E-state index contributed by atoms with van der Waals surface area (Å²) in [5.74, 6) is 1.16. The van der Waals surface area contributed by atoms with Crippen LogP contribution >= 0.6 is 0 Å². The Balaban J connectivity index is 1.13. The minimum absolute atomic E-state index is 0.0609. The van der Waals surface area contributed by atoms with Gasteiger partial charge in [-0.3, -0.25) is 0 Å². The molecular formula is C26H26N4O2. The summed E-state index contributed by atoms with van der Waals surface area (Å²) < 4.78 is 5.73. The summed E-state index contributed by atoms with van der Waals surface area (Å²) in [6.07, 6.45) is 8.30. The lowest BCUT2D eigenvalue weighted by Crippen LogP contribution is -2.44. The highest BCUT2D eigenvalue weighted by molar-refractivity contribution is 5.75. The van der Waals surface area contributed by atoms with E-state index in [4.69, 9.17) is 4.74 Å². The van der Waals surface area contributed by atoms with E-state index < -0.39 is 0 Å². The maximum Gasteiger partial charge on any atom is 0.321 e. The van der Waals surface area contributed by atoms with Crippen molar-refractivity contribution >= 4 is 12.1 Å². The van der Waals surface area contributed by atoms with Crippen LogP contribution in [0.15, 0.2) is 78.6 Å². The molecule has 0 bridgehead atoms. The van der Waals surface area contributed by atoms with Crippen LogP contribution in [-0.2, 0) is 0 Å². The van der Waals surface area contributed by atoms with Crippen molar-refractivity contribution in [1.82, 2.24) is 20.2 Å². The predicted molar refractivity (Wildman–Crippen MR) is 123 cm³/mol. The molecule has 1 aliphatic carbocycles. The number of urea groups is 1. The number of hydrogen-bond acceptors (Lipinski definition) is 4. The lowest BCUT2D eigenvalue weighted by molar-refractivity contribution is 0.193. The van der Waals surface area contributed by atoms with E-state index >= 15 is 0 Å². The lowest BCUT2D eigenvalue weighted by atomic mass is 10.0. The third-order valence-corrected chi connectivity index (χ3v) is 6.00. The molecule has 162 valence electrons. The number of hydrogen-bond donors (Lipinski definition) is 1. The highest BCUT2D eigenvalue weighted by Crippen LogP contribution is 2.40. The van der Waals surface area contributed by atoms with E-state index in [1.807, 2.05) is 29.2 Å². The molecule has 1 N–H and O–H groups in total. The molecule has 1 saturated heterocycles. The second-order valence-electron chi connectivity index (χ2n) is 8.30. The van der Waals surface area contributed by atoms with Crippen molar-refractivity contribution in [3.05, 3.63) is 89.8 Å². The molecule has 1 aliphatic heterocycles. The summed E-state index contributed by atoms with van der Waals surface area (Å²) >= 11 is 0. The Labute approximate surface area is 188 Å². The van der Waals surface area contributed by atoms with E-state index in [9.17, 15) is 4.79 Å². The van der Waals surface area contributed by atoms with Crippen LogP contribution in [0, 0.1) is 0 Å². The van der Waals surface area contributed by atoms with Crippen molar-refractivity contribution in [2.75, 3.05) is 13.1 Å². The molecule has 2 aliphatic rings. The fourth-order valence-corrected chi connectivity index (χ4v) is 4.16. The zero-order chi connectivity index (χ0) is 21.8. The van der Waals surface area contributed by atoms with Gasteiger partial charge in [-0.1, -0.05) is 54.1 Å². The summed E-state index contributed by atoms with van der Waals surface area (Å²) in [5.41, 5.74) is 3.73. The number of aromatic nitrogens is 2. The highest BCUT2D eigenvalue weighted by Gasteiger charge is 2.40. The van der Waals surface area contributed by atoms with Gasteiger partial charge in [0.25, 0.3) is 0 Å². The molecule has 2 aromatic carbocycles. The van der Waals surface area contributed by atoms with Gasteiger partial charge >= 0.3 is 12.0 Å². The lowest BCUT2D eigenvalue weighted by Gasteiger charge is -2.28. The molecule has 0 spiro atoms. The highest BCUT2D eigenvalue weighted by atomic mass is 16.5. The summed E-state index contributed by atoms with van der Waals surface area (Å²) in [5, 5.41) is 3.21. The molecular weight excluding hydrogens is 400 g/mol. The average Bonchev–Trinajstić information content (AvgIpc) is 3.60. The Morgan fingerprint density at radius 3 is 2.56 bits per heavy atom. The second-order valence-corrected chi connectivity index (χ2v) is 8.30. The standard InChI is InChI=1S/C26H26N4O2/c31-26(29-24-18-23(24)21-7-2-1-3-8-21)30-14-10-19(11-15-30)16-20-6-4-9-22(17-20)32-25-27-12-5-13-28-25/h1-9,12-13,16-17,23-24H,10-11,14-15,18H2,(H,29,31)/t23-,24?/m1/s1. The van der Waals surface area contributed by atoms with Gasteiger partial charge in [0.05, 0.1) is 0 Å². The third-order valence-electron chi connectivity index (χ3n) is 6.00. The molecule has 6 heteroatoms. The van der Waals surface area contributed by atoms with Crippen molar-refractivity contribution in [2.45, 2.75) is 31.2 Å². The van der Waals surface area contributed by atoms with Crippen LogP contribution in [0.5, 0.6) is 11.8 Å². The first-order chi connectivity index (χ1) is 15.7. The van der Waals surface area contributed by atoms with Crippen LogP contribution in [0.2, 0.25) is 0 Å². The summed E-state index contributed by atoms with van der Waals surface area (Å²) in [6.45, 7) is 1.49. The maximum absolute atomic E-state index is 12.7.